The van der Waals surface area contributed by atoms with Crippen molar-refractivity contribution in [2.45, 2.75) is 142 Å². The summed E-state index contributed by atoms with van der Waals surface area (Å²) in [5.74, 6) is -0.307. The fourth-order valence-corrected chi connectivity index (χ4v) is 24.4. The minimum Gasteiger partial charge on any atom is -0.478 e. The molecule has 6 heterocycles. The Labute approximate surface area is 811 Å². The standard InChI is InChI=1S/C52H60ClFN6O5S3.C52H58ClFN6O5S2/c1-5-60-37(3)52(67(4,62)63)50(51(60)38-11-13-40(53)14-12-38)39-32-41(54)34-45(33-39)59-29-27-58(28-30-59)44-17-15-42(16-18-44)56-68(64,65)48-19-20-49(36(2)31-48)55-43(35-66-47-9-7-6-8-10-47)21-24-57-25-22-46(61)23-26-57;1-4-60-36(3)49(52(62)63)50(51(60)37-10-12-39(53)13-11-37)38-31-40(54)33-44(32-38)59-28-26-58(27-29-59)43-16-14-41(15-17-43)56-67(64,65)47-18-19-48(35(2)30-47)55-42(34-66-46-8-6-5-7-9-46)20-23-57-24-21-45(61)22-25-57/h6-20,31-34,43,46,55-56,61H,5,21-30,35H2,1-4H3;5-19,30-33,42,45,55-56,61H,4,20-29,34H2,1-3H3,(H,62,63)/t43-;42-/m11/s1. The van der Waals surface area contributed by atoms with E-state index in [0.717, 1.165) is 134 Å². The fourth-order valence-electron chi connectivity index (χ4n) is 18.6. The Bertz CT molecular complexity index is 6480. The maximum absolute atomic E-state index is 15.7. The van der Waals surface area contributed by atoms with Crippen LogP contribution in [-0.4, -0.2) is 199 Å². The average Bonchev–Trinajstić information content (AvgIpc) is 1.54. The first-order chi connectivity index (χ1) is 64.8. The molecule has 12 aromatic rings. The minimum absolute atomic E-state index is 0.139. The van der Waals surface area contributed by atoms with Crippen LogP contribution in [0.1, 0.15) is 85.2 Å². The number of halogens is 4. The number of piperazine rings is 2. The van der Waals surface area contributed by atoms with Crippen LogP contribution in [0.3, 0.4) is 0 Å². The van der Waals surface area contributed by atoms with Crippen LogP contribution in [0.5, 0.6) is 0 Å². The van der Waals surface area contributed by atoms with E-state index in [0.29, 0.717) is 143 Å². The maximum atomic E-state index is 15.7. The van der Waals surface area contributed by atoms with E-state index < -0.39 is 47.5 Å². The quantitative estimate of drug-likeness (QED) is 0.0185. The number of nitrogens with one attached hydrogen (secondary N) is 4. The number of sulfonamides is 2. The van der Waals surface area contributed by atoms with Crippen molar-refractivity contribution in [3.8, 4) is 44.8 Å². The van der Waals surface area contributed by atoms with Crippen LogP contribution in [-0.2, 0) is 43.0 Å². The molecule has 0 radical (unpaired) electrons. The molecule has 22 nitrogen and oxygen atoms in total. The number of piperidine rings is 2. The molecule has 0 unspecified atom stereocenters. The number of hydrogen-bond donors (Lipinski definition) is 7. The summed E-state index contributed by atoms with van der Waals surface area (Å²) >= 11 is 16.0. The lowest BCUT2D eigenvalue weighted by Crippen LogP contribution is -2.46. The van der Waals surface area contributed by atoms with E-state index in [9.17, 15) is 45.4 Å². The highest BCUT2D eigenvalue weighted by Gasteiger charge is 2.34. The molecule has 10 aromatic carbocycles. The van der Waals surface area contributed by atoms with Gasteiger partial charge in [0.05, 0.1) is 43.8 Å². The third kappa shape index (κ3) is 24.7. The predicted molar refractivity (Wildman–Crippen MR) is 549 cm³/mol. The van der Waals surface area contributed by atoms with Crippen molar-refractivity contribution >= 4 is 128 Å². The SMILES string of the molecule is CCn1c(C)c(C(=O)O)c(-c2cc(F)cc(N3CCN(c4ccc(NS(=O)(=O)c5ccc(N[C@H](CCN6CCC(O)CC6)CSc6ccccc6)c(C)c5)cc4)CC3)c2)c1-c1ccc(Cl)cc1.CCn1c(C)c(S(C)(=O)=O)c(-c2cc(F)cc(N3CCN(c4ccc(NS(=O)(=O)c5ccc(N[C@H](CCN6CCC(O)CC6)CSc6ccccc6)c(C)c5)cc4)CC3)c2)c1-c1ccc(Cl)cc1. The van der Waals surface area contributed by atoms with Gasteiger partial charge >= 0.3 is 5.97 Å². The fraction of sp³-hybridized carbons (Fsp3) is 0.337. The van der Waals surface area contributed by atoms with Crippen molar-refractivity contribution in [2.75, 3.05) is 149 Å². The van der Waals surface area contributed by atoms with Gasteiger partial charge in [0, 0.05) is 222 Å². The van der Waals surface area contributed by atoms with Crippen molar-refractivity contribution in [1.82, 2.24) is 18.9 Å². The number of aliphatic hydroxyl groups excluding tert-OH is 2. The maximum Gasteiger partial charge on any atom is 0.338 e. The number of rotatable bonds is 34. The zero-order valence-corrected chi connectivity index (χ0v) is 82.6. The van der Waals surface area contributed by atoms with Crippen LogP contribution >= 0.6 is 46.7 Å². The van der Waals surface area contributed by atoms with E-state index in [-0.39, 0.29) is 44.5 Å². The number of sulfone groups is 1. The number of anilines is 8. The van der Waals surface area contributed by atoms with Gasteiger partial charge in [-0.2, -0.15) is 0 Å². The zero-order chi connectivity index (χ0) is 95.4. The van der Waals surface area contributed by atoms with Gasteiger partial charge in [-0.3, -0.25) is 9.44 Å². The van der Waals surface area contributed by atoms with Gasteiger partial charge in [0.15, 0.2) is 9.84 Å². The summed E-state index contributed by atoms with van der Waals surface area (Å²) in [5, 5.41) is 38.9. The first-order valence-corrected chi connectivity index (χ1v) is 53.6. The normalized spacial score (nSPS) is 15.6. The first-order valence-electron chi connectivity index (χ1n) is 46.0. The lowest BCUT2D eigenvalue weighted by atomic mass is 9.96. The lowest BCUT2D eigenvalue weighted by molar-refractivity contribution is 0.0696. The molecule has 0 spiro atoms. The van der Waals surface area contributed by atoms with Crippen molar-refractivity contribution in [1.29, 1.82) is 0 Å². The number of carboxylic acid groups (broad SMARTS) is 1. The molecule has 0 amide bonds. The molecule has 712 valence electrons. The van der Waals surface area contributed by atoms with Crippen molar-refractivity contribution < 1.29 is 54.1 Å². The minimum atomic E-state index is -3.89. The number of carbonyl (C=O) groups is 1. The molecular formula is C104H118Cl2F2N12O10S5. The summed E-state index contributed by atoms with van der Waals surface area (Å²) < 4.78 is 122. The molecule has 0 saturated carbocycles. The Hall–Kier alpha value is -10.5. The van der Waals surface area contributed by atoms with Crippen molar-refractivity contribution in [2.24, 2.45) is 0 Å². The summed E-state index contributed by atoms with van der Waals surface area (Å²) in [5.41, 5.74) is 13.7. The van der Waals surface area contributed by atoms with Crippen molar-refractivity contribution in [3.63, 3.8) is 0 Å². The number of aryl methyl sites for hydroxylation is 2. The van der Waals surface area contributed by atoms with Gasteiger partial charge in [-0.05, 0) is 283 Å². The van der Waals surface area contributed by atoms with E-state index in [1.807, 2.05) is 146 Å². The van der Waals surface area contributed by atoms with Crippen LogP contribution in [0.2, 0.25) is 10.0 Å². The van der Waals surface area contributed by atoms with Gasteiger partial charge in [0.25, 0.3) is 20.0 Å². The Morgan fingerprint density at radius 2 is 0.800 bits per heavy atom. The van der Waals surface area contributed by atoms with Gasteiger partial charge in [-0.15, -0.1) is 23.5 Å². The lowest BCUT2D eigenvalue weighted by Gasteiger charge is -2.37. The number of carboxylic acids is 1. The highest BCUT2D eigenvalue weighted by atomic mass is 35.5. The summed E-state index contributed by atoms with van der Waals surface area (Å²) in [4.78, 5) is 29.1. The molecule has 0 aliphatic carbocycles. The highest BCUT2D eigenvalue weighted by molar-refractivity contribution is 7.99. The zero-order valence-electron chi connectivity index (χ0n) is 77.0. The summed E-state index contributed by atoms with van der Waals surface area (Å²) in [7, 11) is -11.5. The van der Waals surface area contributed by atoms with Gasteiger partial charge < -0.3 is 64.5 Å². The Balaban J connectivity index is 0.000000206. The molecule has 4 aliphatic heterocycles. The van der Waals surface area contributed by atoms with Gasteiger partial charge in [0.2, 0.25) is 0 Å². The molecule has 2 aromatic heterocycles. The van der Waals surface area contributed by atoms with E-state index in [1.165, 1.54) is 40.3 Å². The molecule has 2 atom stereocenters. The van der Waals surface area contributed by atoms with Crippen LogP contribution in [0, 0.1) is 39.3 Å². The molecule has 0 bridgehead atoms. The number of aromatic nitrogens is 2. The van der Waals surface area contributed by atoms with Crippen LogP contribution < -0.4 is 39.7 Å². The van der Waals surface area contributed by atoms with Gasteiger partial charge in [-0.25, -0.2) is 38.8 Å². The molecule has 4 saturated heterocycles. The van der Waals surface area contributed by atoms with E-state index in [2.05, 4.69) is 73.7 Å². The second-order valence-corrected chi connectivity index (χ2v) is 43.5. The van der Waals surface area contributed by atoms with E-state index >= 15 is 8.78 Å². The van der Waals surface area contributed by atoms with Crippen LogP contribution in [0.25, 0.3) is 44.8 Å². The van der Waals surface area contributed by atoms with Crippen molar-refractivity contribution in [3.05, 3.63) is 280 Å². The molecule has 135 heavy (non-hydrogen) atoms. The molecule has 16 rings (SSSR count). The van der Waals surface area contributed by atoms with E-state index in [1.54, 1.807) is 110 Å². The molecular weight excluding hydrogens is 1850 g/mol. The van der Waals surface area contributed by atoms with Crippen LogP contribution in [0.4, 0.5) is 54.3 Å². The number of aromatic carboxylic acids is 1. The second-order valence-electron chi connectivity index (χ2n) is 35.2. The van der Waals surface area contributed by atoms with Crippen LogP contribution in [0.15, 0.2) is 255 Å². The number of likely N-dealkylation sites (tertiary alicyclic amines) is 2. The smallest absolute Gasteiger partial charge is 0.338 e. The third-order valence-electron chi connectivity index (χ3n) is 25.9. The highest BCUT2D eigenvalue weighted by Crippen LogP contribution is 2.46. The van der Waals surface area contributed by atoms with Gasteiger partial charge in [-0.1, -0.05) is 83.9 Å². The Morgan fingerprint density at radius 3 is 1.16 bits per heavy atom. The number of aliphatic hydroxyl groups is 2. The monoisotopic (exact) mass is 1960 g/mol. The number of hydrogen-bond acceptors (Lipinski definition) is 19. The molecule has 31 heteroatoms. The summed E-state index contributed by atoms with van der Waals surface area (Å²) in [6.07, 6.45) is 5.79. The number of benzene rings is 10. The second kappa shape index (κ2) is 44.3. The summed E-state index contributed by atoms with van der Waals surface area (Å²) in [6, 6.07) is 70.0. The predicted octanol–water partition coefficient (Wildman–Crippen LogP) is 20.7. The topological polar surface area (TPSA) is 258 Å². The third-order valence-corrected chi connectivity index (χ3v) is 32.7. The summed E-state index contributed by atoms with van der Waals surface area (Å²) in [6.45, 7) is 22.6. The Kier molecular flexibility index (Phi) is 32.5. The molecule has 4 fully saturated rings. The largest absolute Gasteiger partial charge is 0.478 e. The number of thioether (sulfide) groups is 2. The van der Waals surface area contributed by atoms with Gasteiger partial charge in [0.1, 0.15) is 11.6 Å². The first kappa shape index (κ1) is 99.0. The molecule has 7 N–H and O–H groups in total. The Morgan fingerprint density at radius 1 is 0.437 bits per heavy atom. The van der Waals surface area contributed by atoms with E-state index in [4.69, 9.17) is 23.2 Å². The average molecular weight is 1970 g/mol. The number of nitrogens with zero attached hydrogens (tertiary/aromatic N) is 8. The molecule has 4 aliphatic rings.